The Morgan fingerprint density at radius 1 is 1.11 bits per heavy atom. The van der Waals surface area contributed by atoms with Gasteiger partial charge in [-0.3, -0.25) is 9.69 Å². The van der Waals surface area contributed by atoms with Crippen molar-refractivity contribution in [2.75, 3.05) is 31.6 Å². The first-order valence-corrected chi connectivity index (χ1v) is 10.7. The van der Waals surface area contributed by atoms with Crippen LogP contribution in [0.25, 0.3) is 0 Å². The molecule has 0 saturated carbocycles. The summed E-state index contributed by atoms with van der Waals surface area (Å²) in [4.78, 5) is 17.4. The summed E-state index contributed by atoms with van der Waals surface area (Å²) >= 11 is 0. The second kappa shape index (κ2) is 8.42. The zero-order chi connectivity index (χ0) is 20.4. The maximum atomic E-state index is 12.7. The van der Waals surface area contributed by atoms with Gasteiger partial charge in [-0.1, -0.05) is 18.2 Å². The summed E-state index contributed by atoms with van der Waals surface area (Å²) in [6, 6.07) is 11.3. The van der Waals surface area contributed by atoms with E-state index in [1.165, 1.54) is 5.69 Å². The number of para-hydroxylation sites is 1. The molecule has 0 bridgehead atoms. The van der Waals surface area contributed by atoms with E-state index in [1.54, 1.807) is 0 Å². The molecule has 0 aliphatic carbocycles. The predicted molar refractivity (Wildman–Crippen MR) is 117 cm³/mol. The van der Waals surface area contributed by atoms with Gasteiger partial charge in [-0.15, -0.1) is 0 Å². The van der Waals surface area contributed by atoms with Crippen LogP contribution in [0, 0.1) is 0 Å². The second-order valence-electron chi connectivity index (χ2n) is 10.0. The summed E-state index contributed by atoms with van der Waals surface area (Å²) in [5.41, 5.74) is 1.41. The van der Waals surface area contributed by atoms with Crippen molar-refractivity contribution >= 4 is 11.6 Å². The molecule has 0 spiro atoms. The molecule has 2 N–H and O–H groups in total. The molecule has 0 radical (unpaired) electrons. The van der Waals surface area contributed by atoms with Gasteiger partial charge in [0, 0.05) is 41.9 Å². The summed E-state index contributed by atoms with van der Waals surface area (Å²) in [5, 5.41) is 6.98. The fourth-order valence-electron chi connectivity index (χ4n) is 5.26. The van der Waals surface area contributed by atoms with Crippen molar-refractivity contribution < 1.29 is 4.79 Å². The Kier molecular flexibility index (Phi) is 6.35. The van der Waals surface area contributed by atoms with Gasteiger partial charge in [-0.05, 0) is 72.6 Å². The van der Waals surface area contributed by atoms with Gasteiger partial charge >= 0.3 is 0 Å². The summed E-state index contributed by atoms with van der Waals surface area (Å²) in [7, 11) is 2.10. The van der Waals surface area contributed by atoms with Crippen LogP contribution in [0.1, 0.15) is 53.4 Å². The van der Waals surface area contributed by atoms with Gasteiger partial charge < -0.3 is 15.5 Å². The molecule has 2 saturated heterocycles. The molecule has 5 heteroatoms. The summed E-state index contributed by atoms with van der Waals surface area (Å²) in [5.74, 6) is 0.159. The highest BCUT2D eigenvalue weighted by atomic mass is 16.2. The standard InChI is InChI=1S/C23H38N4O/c1-22(2)15-18(16-23(3,4)25-22)24-21(28)17-26(5)19-11-13-27(14-12-19)20-9-7-6-8-10-20/h6-10,18-19,25H,11-17H2,1-5H3,(H,24,28). The van der Waals surface area contributed by atoms with Crippen LogP contribution in [-0.4, -0.2) is 60.7 Å². The fraction of sp³-hybridized carbons (Fsp3) is 0.696. The number of benzene rings is 1. The zero-order valence-electron chi connectivity index (χ0n) is 18.3. The molecule has 0 unspecified atom stereocenters. The quantitative estimate of drug-likeness (QED) is 0.817. The molecule has 2 heterocycles. The number of amides is 1. The second-order valence-corrected chi connectivity index (χ2v) is 10.0. The number of nitrogens with one attached hydrogen (secondary N) is 2. The van der Waals surface area contributed by atoms with Gasteiger partial charge in [0.05, 0.1) is 6.54 Å². The monoisotopic (exact) mass is 386 g/mol. The third-order valence-corrected chi connectivity index (χ3v) is 6.16. The van der Waals surface area contributed by atoms with Crippen molar-refractivity contribution in [2.45, 2.75) is 76.5 Å². The Morgan fingerprint density at radius 2 is 1.68 bits per heavy atom. The minimum Gasteiger partial charge on any atom is -0.371 e. The number of nitrogens with zero attached hydrogens (tertiary/aromatic N) is 2. The molecule has 156 valence electrons. The van der Waals surface area contributed by atoms with E-state index in [2.05, 4.69) is 85.5 Å². The maximum Gasteiger partial charge on any atom is 0.234 e. The molecule has 5 nitrogen and oxygen atoms in total. The lowest BCUT2D eigenvalue weighted by molar-refractivity contribution is -0.123. The van der Waals surface area contributed by atoms with Crippen LogP contribution in [0.15, 0.2) is 30.3 Å². The number of anilines is 1. The van der Waals surface area contributed by atoms with E-state index in [1.807, 2.05) is 0 Å². The lowest BCUT2D eigenvalue weighted by atomic mass is 9.79. The summed E-state index contributed by atoms with van der Waals surface area (Å²) in [6.45, 7) is 11.5. The highest BCUT2D eigenvalue weighted by Crippen LogP contribution is 2.28. The van der Waals surface area contributed by atoms with Gasteiger partial charge in [0.2, 0.25) is 5.91 Å². The van der Waals surface area contributed by atoms with Crippen LogP contribution in [0.2, 0.25) is 0 Å². The van der Waals surface area contributed by atoms with E-state index in [4.69, 9.17) is 0 Å². The molecular formula is C23H38N4O. The van der Waals surface area contributed by atoms with Crippen molar-refractivity contribution in [3.8, 4) is 0 Å². The number of rotatable bonds is 5. The lowest BCUT2D eigenvalue weighted by Crippen LogP contribution is -2.62. The first-order chi connectivity index (χ1) is 13.1. The van der Waals surface area contributed by atoms with Crippen molar-refractivity contribution in [1.29, 1.82) is 0 Å². The number of piperidine rings is 2. The zero-order valence-corrected chi connectivity index (χ0v) is 18.3. The van der Waals surface area contributed by atoms with Gasteiger partial charge in [0.1, 0.15) is 0 Å². The largest absolute Gasteiger partial charge is 0.371 e. The Labute approximate surface area is 170 Å². The third kappa shape index (κ3) is 5.71. The molecule has 0 aromatic heterocycles. The molecule has 1 amide bonds. The molecule has 0 atom stereocenters. The van der Waals surface area contributed by atoms with E-state index in [0.717, 1.165) is 38.8 Å². The maximum absolute atomic E-state index is 12.7. The molecule has 1 aromatic rings. The molecule has 3 rings (SSSR count). The Balaban J connectivity index is 1.46. The SMILES string of the molecule is CN(CC(=O)NC1CC(C)(C)NC(C)(C)C1)C1CCN(c2ccccc2)CC1. The smallest absolute Gasteiger partial charge is 0.234 e. The minimum absolute atomic E-state index is 0.0515. The van der Waals surface area contributed by atoms with Gasteiger partial charge in [0.15, 0.2) is 0 Å². The topological polar surface area (TPSA) is 47.6 Å². The average Bonchev–Trinajstić information content (AvgIpc) is 2.59. The molecule has 2 fully saturated rings. The van der Waals surface area contributed by atoms with Crippen LogP contribution < -0.4 is 15.5 Å². The number of carbonyl (C=O) groups excluding carboxylic acids is 1. The van der Waals surface area contributed by atoms with E-state index < -0.39 is 0 Å². The van der Waals surface area contributed by atoms with Crippen molar-refractivity contribution in [2.24, 2.45) is 0 Å². The van der Waals surface area contributed by atoms with Crippen molar-refractivity contribution in [1.82, 2.24) is 15.5 Å². The molecule has 2 aliphatic heterocycles. The Bertz CT molecular complexity index is 634. The van der Waals surface area contributed by atoms with Crippen LogP contribution in [-0.2, 0) is 4.79 Å². The number of likely N-dealkylation sites (N-methyl/N-ethyl adjacent to an activating group) is 1. The van der Waals surface area contributed by atoms with E-state index in [-0.39, 0.29) is 23.0 Å². The highest BCUT2D eigenvalue weighted by Gasteiger charge is 2.38. The van der Waals surface area contributed by atoms with Crippen LogP contribution in [0.5, 0.6) is 0 Å². The Hall–Kier alpha value is -1.59. The third-order valence-electron chi connectivity index (χ3n) is 6.16. The molecule has 28 heavy (non-hydrogen) atoms. The molecule has 1 aromatic carbocycles. The molecule has 2 aliphatic rings. The lowest BCUT2D eigenvalue weighted by Gasteiger charge is -2.46. The van der Waals surface area contributed by atoms with Gasteiger partial charge in [-0.2, -0.15) is 0 Å². The molecular weight excluding hydrogens is 348 g/mol. The summed E-state index contributed by atoms with van der Waals surface area (Å²) in [6.07, 6.45) is 4.15. The van der Waals surface area contributed by atoms with Crippen LogP contribution in [0.4, 0.5) is 5.69 Å². The van der Waals surface area contributed by atoms with Gasteiger partial charge in [0.25, 0.3) is 0 Å². The van der Waals surface area contributed by atoms with Crippen LogP contribution >= 0.6 is 0 Å². The number of hydrogen-bond donors (Lipinski definition) is 2. The van der Waals surface area contributed by atoms with E-state index in [9.17, 15) is 4.79 Å². The number of hydrogen-bond acceptors (Lipinski definition) is 4. The normalized spacial score (nSPS) is 23.0. The first kappa shape index (κ1) is 21.1. The highest BCUT2D eigenvalue weighted by molar-refractivity contribution is 5.78. The van der Waals surface area contributed by atoms with Crippen LogP contribution in [0.3, 0.4) is 0 Å². The van der Waals surface area contributed by atoms with Crippen molar-refractivity contribution in [3.63, 3.8) is 0 Å². The van der Waals surface area contributed by atoms with Crippen molar-refractivity contribution in [3.05, 3.63) is 30.3 Å². The average molecular weight is 387 g/mol. The van der Waals surface area contributed by atoms with E-state index in [0.29, 0.717) is 12.6 Å². The first-order valence-electron chi connectivity index (χ1n) is 10.7. The number of carbonyl (C=O) groups is 1. The minimum atomic E-state index is 0.0515. The fourth-order valence-corrected chi connectivity index (χ4v) is 5.26. The predicted octanol–water partition coefficient (Wildman–Crippen LogP) is 3.01. The summed E-state index contributed by atoms with van der Waals surface area (Å²) < 4.78 is 0. The van der Waals surface area contributed by atoms with Gasteiger partial charge in [-0.25, -0.2) is 0 Å². The van der Waals surface area contributed by atoms with E-state index >= 15 is 0 Å². The Morgan fingerprint density at radius 3 is 2.25 bits per heavy atom.